The molecule has 0 aliphatic rings. The quantitative estimate of drug-likeness (QED) is 0.816. The summed E-state index contributed by atoms with van der Waals surface area (Å²) < 4.78 is 0. The van der Waals surface area contributed by atoms with E-state index < -0.39 is 0 Å². The van der Waals surface area contributed by atoms with Gasteiger partial charge in [-0.25, -0.2) is 4.98 Å². The summed E-state index contributed by atoms with van der Waals surface area (Å²) in [7, 11) is 6.14. The zero-order valence-electron chi connectivity index (χ0n) is 9.82. The predicted octanol–water partition coefficient (Wildman–Crippen LogP) is 0.942. The van der Waals surface area contributed by atoms with Crippen molar-refractivity contribution in [1.29, 1.82) is 0 Å². The summed E-state index contributed by atoms with van der Waals surface area (Å²) in [6.45, 7) is 3.98. The number of hydrogen-bond acceptors (Lipinski definition) is 5. The Balaban J connectivity index is 2.61. The molecule has 0 aliphatic carbocycles. The van der Waals surface area contributed by atoms with Crippen LogP contribution in [0, 0.1) is 6.92 Å². The topological polar surface area (TPSA) is 39.6 Å². The Kier molecular flexibility index (Phi) is 4.50. The Hall–Kier alpha value is -0.650. The fourth-order valence-corrected chi connectivity index (χ4v) is 2.08. The van der Waals surface area contributed by atoms with Crippen molar-refractivity contribution in [3.8, 4) is 0 Å². The van der Waals surface area contributed by atoms with Gasteiger partial charge in [-0.1, -0.05) is 11.3 Å². The lowest BCUT2D eigenvalue weighted by Crippen LogP contribution is -2.28. The van der Waals surface area contributed by atoms with Crippen LogP contribution in [-0.2, 0) is 6.61 Å². The second-order valence-corrected chi connectivity index (χ2v) is 4.95. The standard InChI is InChI=1S/C10H19N3OS/c1-8-9(7-14)15-10(11-8)13(4)6-5-12(2)3/h14H,5-7H2,1-4H3. The third-order valence-corrected chi connectivity index (χ3v) is 3.49. The van der Waals surface area contributed by atoms with Crippen molar-refractivity contribution in [2.45, 2.75) is 13.5 Å². The number of aliphatic hydroxyl groups excluding tert-OH is 1. The van der Waals surface area contributed by atoms with Crippen molar-refractivity contribution < 1.29 is 5.11 Å². The van der Waals surface area contributed by atoms with E-state index in [0.29, 0.717) is 0 Å². The minimum atomic E-state index is 0.0883. The van der Waals surface area contributed by atoms with Gasteiger partial charge in [0.05, 0.1) is 17.2 Å². The first kappa shape index (κ1) is 12.4. The molecule has 1 aromatic heterocycles. The normalized spacial score (nSPS) is 11.1. The number of nitrogens with zero attached hydrogens (tertiary/aromatic N) is 3. The van der Waals surface area contributed by atoms with Gasteiger partial charge in [0, 0.05) is 20.1 Å². The average Bonchev–Trinajstić information content (AvgIpc) is 2.56. The van der Waals surface area contributed by atoms with E-state index in [1.165, 1.54) is 0 Å². The summed E-state index contributed by atoms with van der Waals surface area (Å²) in [5.74, 6) is 0. The maximum atomic E-state index is 9.08. The van der Waals surface area contributed by atoms with E-state index >= 15 is 0 Å². The van der Waals surface area contributed by atoms with Gasteiger partial charge in [0.25, 0.3) is 0 Å². The fourth-order valence-electron chi connectivity index (χ4n) is 1.17. The number of rotatable bonds is 5. The highest BCUT2D eigenvalue weighted by atomic mass is 32.1. The molecule has 5 heteroatoms. The molecule has 0 fully saturated rings. The molecular weight excluding hydrogens is 210 g/mol. The number of likely N-dealkylation sites (N-methyl/N-ethyl adjacent to an activating group) is 2. The van der Waals surface area contributed by atoms with Crippen LogP contribution >= 0.6 is 11.3 Å². The molecule has 0 unspecified atom stereocenters. The van der Waals surface area contributed by atoms with Crippen molar-refractivity contribution in [1.82, 2.24) is 9.88 Å². The van der Waals surface area contributed by atoms with E-state index in [2.05, 4.69) is 28.9 Å². The van der Waals surface area contributed by atoms with Gasteiger partial charge < -0.3 is 14.9 Å². The lowest BCUT2D eigenvalue weighted by molar-refractivity contribution is 0.284. The van der Waals surface area contributed by atoms with Crippen molar-refractivity contribution in [3.05, 3.63) is 10.6 Å². The molecule has 15 heavy (non-hydrogen) atoms. The maximum absolute atomic E-state index is 9.08. The van der Waals surface area contributed by atoms with Crippen molar-refractivity contribution in [2.75, 3.05) is 39.1 Å². The number of hydrogen-bond donors (Lipinski definition) is 1. The number of thiazole rings is 1. The fraction of sp³-hybridized carbons (Fsp3) is 0.700. The van der Waals surface area contributed by atoms with E-state index in [-0.39, 0.29) is 6.61 Å². The van der Waals surface area contributed by atoms with Crippen LogP contribution in [0.25, 0.3) is 0 Å². The zero-order valence-corrected chi connectivity index (χ0v) is 10.6. The molecule has 0 spiro atoms. The van der Waals surface area contributed by atoms with Crippen LogP contribution < -0.4 is 4.90 Å². The van der Waals surface area contributed by atoms with Gasteiger partial charge in [-0.3, -0.25) is 0 Å². The average molecular weight is 229 g/mol. The Labute approximate surface area is 95.2 Å². The molecular formula is C10H19N3OS. The summed E-state index contributed by atoms with van der Waals surface area (Å²) >= 11 is 1.57. The van der Waals surface area contributed by atoms with Crippen LogP contribution in [0.3, 0.4) is 0 Å². The number of anilines is 1. The maximum Gasteiger partial charge on any atom is 0.185 e. The molecule has 1 N–H and O–H groups in total. The minimum Gasteiger partial charge on any atom is -0.391 e. The van der Waals surface area contributed by atoms with Gasteiger partial charge in [-0.2, -0.15) is 0 Å². The molecule has 0 saturated heterocycles. The molecule has 0 aromatic carbocycles. The van der Waals surface area contributed by atoms with E-state index in [4.69, 9.17) is 5.11 Å². The largest absolute Gasteiger partial charge is 0.391 e. The lowest BCUT2D eigenvalue weighted by atomic mass is 10.4. The third kappa shape index (κ3) is 3.44. The summed E-state index contributed by atoms with van der Waals surface area (Å²) in [4.78, 5) is 9.65. The van der Waals surface area contributed by atoms with Crippen molar-refractivity contribution in [2.24, 2.45) is 0 Å². The highest BCUT2D eigenvalue weighted by Gasteiger charge is 2.10. The highest BCUT2D eigenvalue weighted by Crippen LogP contribution is 2.24. The molecule has 1 heterocycles. The summed E-state index contributed by atoms with van der Waals surface area (Å²) in [5, 5.41) is 10.1. The second-order valence-electron chi connectivity index (χ2n) is 3.89. The van der Waals surface area contributed by atoms with Crippen LogP contribution in [0.5, 0.6) is 0 Å². The molecule has 0 bridgehead atoms. The molecule has 1 aromatic rings. The summed E-state index contributed by atoms with van der Waals surface area (Å²) in [6, 6.07) is 0. The van der Waals surface area contributed by atoms with Crippen molar-refractivity contribution in [3.63, 3.8) is 0 Å². The van der Waals surface area contributed by atoms with Crippen LogP contribution in [0.15, 0.2) is 0 Å². The SMILES string of the molecule is Cc1nc(N(C)CCN(C)C)sc1CO. The zero-order chi connectivity index (χ0) is 11.4. The van der Waals surface area contributed by atoms with Gasteiger partial charge >= 0.3 is 0 Å². The highest BCUT2D eigenvalue weighted by molar-refractivity contribution is 7.15. The Morgan fingerprint density at radius 3 is 2.40 bits per heavy atom. The molecule has 0 radical (unpaired) electrons. The Morgan fingerprint density at radius 2 is 1.93 bits per heavy atom. The third-order valence-electron chi connectivity index (χ3n) is 2.23. The Morgan fingerprint density at radius 1 is 1.27 bits per heavy atom. The number of aliphatic hydroxyl groups is 1. The van der Waals surface area contributed by atoms with Crippen molar-refractivity contribution >= 4 is 16.5 Å². The lowest BCUT2D eigenvalue weighted by Gasteiger charge is -2.18. The van der Waals surface area contributed by atoms with E-state index in [0.717, 1.165) is 28.8 Å². The molecule has 0 aliphatic heterocycles. The monoisotopic (exact) mass is 229 g/mol. The molecule has 1 rings (SSSR count). The predicted molar refractivity (Wildman–Crippen MR) is 64.6 cm³/mol. The summed E-state index contributed by atoms with van der Waals surface area (Å²) in [6.07, 6.45) is 0. The molecule has 0 amide bonds. The number of aromatic nitrogens is 1. The summed E-state index contributed by atoms with van der Waals surface area (Å²) in [5.41, 5.74) is 0.939. The van der Waals surface area contributed by atoms with Gasteiger partial charge in [0.2, 0.25) is 0 Å². The van der Waals surface area contributed by atoms with Crippen LogP contribution in [0.1, 0.15) is 10.6 Å². The minimum absolute atomic E-state index is 0.0883. The first-order valence-electron chi connectivity index (χ1n) is 4.97. The van der Waals surface area contributed by atoms with E-state index in [1.54, 1.807) is 11.3 Å². The smallest absolute Gasteiger partial charge is 0.185 e. The van der Waals surface area contributed by atoms with Crippen LogP contribution in [0.4, 0.5) is 5.13 Å². The van der Waals surface area contributed by atoms with Gasteiger partial charge in [0.1, 0.15) is 0 Å². The molecule has 0 saturated carbocycles. The first-order valence-corrected chi connectivity index (χ1v) is 5.79. The Bertz CT molecular complexity index is 312. The molecule has 86 valence electrons. The molecule has 0 atom stereocenters. The van der Waals surface area contributed by atoms with E-state index in [9.17, 15) is 0 Å². The van der Waals surface area contributed by atoms with Crippen LogP contribution in [-0.4, -0.2) is 49.2 Å². The van der Waals surface area contributed by atoms with E-state index in [1.807, 2.05) is 14.0 Å². The van der Waals surface area contributed by atoms with Crippen LogP contribution in [0.2, 0.25) is 0 Å². The second kappa shape index (κ2) is 5.44. The first-order chi connectivity index (χ1) is 7.04. The van der Waals surface area contributed by atoms with Gasteiger partial charge in [-0.05, 0) is 21.0 Å². The molecule has 4 nitrogen and oxygen atoms in total. The van der Waals surface area contributed by atoms with Gasteiger partial charge in [-0.15, -0.1) is 0 Å². The van der Waals surface area contributed by atoms with Gasteiger partial charge in [0.15, 0.2) is 5.13 Å². The number of aryl methyl sites for hydroxylation is 1.